The van der Waals surface area contributed by atoms with Crippen molar-refractivity contribution >= 4 is 17.0 Å². The Bertz CT molecular complexity index is 555. The van der Waals surface area contributed by atoms with Crippen molar-refractivity contribution in [3.63, 3.8) is 0 Å². The number of aliphatic hydroxyl groups excluding tert-OH is 1. The van der Waals surface area contributed by atoms with Crippen LogP contribution in [0.1, 0.15) is 25.5 Å². The predicted octanol–water partition coefficient (Wildman–Crippen LogP) is 0.468. The van der Waals surface area contributed by atoms with E-state index in [1.807, 2.05) is 4.57 Å². The molecule has 3 rings (SSSR count). The fourth-order valence-electron chi connectivity index (χ4n) is 2.33. The van der Waals surface area contributed by atoms with Crippen LogP contribution in [0.5, 0.6) is 0 Å². The van der Waals surface area contributed by atoms with Gasteiger partial charge in [-0.15, -0.1) is 0 Å². The van der Waals surface area contributed by atoms with Crippen LogP contribution in [-0.4, -0.2) is 37.3 Å². The van der Waals surface area contributed by atoms with E-state index in [1.54, 1.807) is 6.33 Å². The van der Waals surface area contributed by atoms with Gasteiger partial charge >= 0.3 is 0 Å². The van der Waals surface area contributed by atoms with Crippen molar-refractivity contribution in [1.29, 1.82) is 0 Å². The fraction of sp³-hybridized carbons (Fsp3) is 0.545. The number of hydrogen-bond donors (Lipinski definition) is 2. The van der Waals surface area contributed by atoms with E-state index in [1.165, 1.54) is 6.33 Å². The Kier molecular flexibility index (Phi) is 2.85. The summed E-state index contributed by atoms with van der Waals surface area (Å²) in [7, 11) is 0. The molecule has 0 spiro atoms. The number of aromatic nitrogens is 4. The highest BCUT2D eigenvalue weighted by molar-refractivity contribution is 5.81. The van der Waals surface area contributed by atoms with E-state index < -0.39 is 0 Å². The molecule has 0 radical (unpaired) electrons. The van der Waals surface area contributed by atoms with E-state index in [2.05, 4.69) is 15.0 Å². The second-order valence-electron chi connectivity index (χ2n) is 4.39. The molecule has 0 saturated carbocycles. The minimum Gasteiger partial charge on any atom is -0.396 e. The summed E-state index contributed by atoms with van der Waals surface area (Å²) >= 11 is 0. The van der Waals surface area contributed by atoms with Crippen molar-refractivity contribution in [2.45, 2.75) is 31.6 Å². The van der Waals surface area contributed by atoms with Gasteiger partial charge in [-0.05, 0) is 19.3 Å². The highest BCUT2D eigenvalue weighted by atomic mass is 16.5. The number of imidazole rings is 1. The maximum Gasteiger partial charge on any atom is 0.167 e. The average molecular weight is 249 g/mol. The highest BCUT2D eigenvalue weighted by Crippen LogP contribution is 2.31. The molecule has 1 aliphatic heterocycles. The first kappa shape index (κ1) is 11.4. The molecule has 7 heteroatoms. The van der Waals surface area contributed by atoms with Crippen LogP contribution in [0.25, 0.3) is 11.2 Å². The molecule has 7 nitrogen and oxygen atoms in total. The van der Waals surface area contributed by atoms with Crippen LogP contribution < -0.4 is 5.73 Å². The third-order valence-corrected chi connectivity index (χ3v) is 3.23. The Balaban J connectivity index is 1.89. The summed E-state index contributed by atoms with van der Waals surface area (Å²) in [6, 6.07) is 0. The fourth-order valence-corrected chi connectivity index (χ4v) is 2.33. The van der Waals surface area contributed by atoms with Gasteiger partial charge in [0.15, 0.2) is 11.5 Å². The maximum atomic E-state index is 8.92. The van der Waals surface area contributed by atoms with Crippen molar-refractivity contribution in [1.82, 2.24) is 19.5 Å². The molecule has 0 aliphatic carbocycles. The summed E-state index contributed by atoms with van der Waals surface area (Å²) in [6.45, 7) is 0.150. The van der Waals surface area contributed by atoms with E-state index in [4.69, 9.17) is 15.6 Å². The van der Waals surface area contributed by atoms with Gasteiger partial charge in [0.2, 0.25) is 0 Å². The summed E-state index contributed by atoms with van der Waals surface area (Å²) in [5.74, 6) is 0.378. The van der Waals surface area contributed by atoms with Gasteiger partial charge in [-0.25, -0.2) is 15.0 Å². The summed E-state index contributed by atoms with van der Waals surface area (Å²) < 4.78 is 7.74. The quantitative estimate of drug-likeness (QED) is 0.820. The van der Waals surface area contributed by atoms with Gasteiger partial charge in [0.05, 0.1) is 12.4 Å². The maximum absolute atomic E-state index is 8.92. The number of nitrogens with two attached hydrogens (primary N) is 1. The largest absolute Gasteiger partial charge is 0.396 e. The van der Waals surface area contributed by atoms with Crippen LogP contribution in [0, 0.1) is 0 Å². The molecule has 1 aliphatic rings. The van der Waals surface area contributed by atoms with Crippen molar-refractivity contribution in [2.24, 2.45) is 0 Å². The van der Waals surface area contributed by atoms with E-state index in [0.29, 0.717) is 23.4 Å². The molecule has 1 saturated heterocycles. The summed E-state index contributed by atoms with van der Waals surface area (Å²) in [6.07, 6.45) is 5.63. The third-order valence-electron chi connectivity index (χ3n) is 3.23. The topological polar surface area (TPSA) is 99.1 Å². The Labute approximate surface area is 104 Å². The van der Waals surface area contributed by atoms with Crippen LogP contribution in [0.3, 0.4) is 0 Å². The molecule has 2 unspecified atom stereocenters. The van der Waals surface area contributed by atoms with Crippen LogP contribution in [0.15, 0.2) is 12.7 Å². The molecule has 0 bridgehead atoms. The Morgan fingerprint density at radius 2 is 2.28 bits per heavy atom. The van der Waals surface area contributed by atoms with Crippen LogP contribution in [0.4, 0.5) is 5.82 Å². The lowest BCUT2D eigenvalue weighted by Crippen LogP contribution is -2.12. The zero-order valence-electron chi connectivity index (χ0n) is 9.86. The number of aliphatic hydroxyl groups is 1. The van der Waals surface area contributed by atoms with Gasteiger partial charge in [-0.2, -0.15) is 0 Å². The Morgan fingerprint density at radius 3 is 3.11 bits per heavy atom. The molecular weight excluding hydrogens is 234 g/mol. The number of nitrogens with zero attached hydrogens (tertiary/aromatic N) is 4. The van der Waals surface area contributed by atoms with E-state index in [9.17, 15) is 0 Å². The molecular formula is C11H15N5O2. The molecule has 0 aromatic carbocycles. The molecule has 96 valence electrons. The van der Waals surface area contributed by atoms with Gasteiger partial charge < -0.3 is 15.6 Å². The standard InChI is InChI=1S/C11H15N5O2/c12-10-9-11(14-5-13-10)16(6-15-9)8-2-1-7(18-8)3-4-17/h5-8,17H,1-4H2,(H2,12,13,14). The Morgan fingerprint density at radius 1 is 1.39 bits per heavy atom. The lowest BCUT2D eigenvalue weighted by Gasteiger charge is -2.14. The molecule has 1 fully saturated rings. The Hall–Kier alpha value is -1.73. The van der Waals surface area contributed by atoms with Crippen LogP contribution >= 0.6 is 0 Å². The van der Waals surface area contributed by atoms with E-state index >= 15 is 0 Å². The van der Waals surface area contributed by atoms with Crippen molar-refractivity contribution < 1.29 is 9.84 Å². The second kappa shape index (κ2) is 4.51. The first-order valence-corrected chi connectivity index (χ1v) is 5.99. The van der Waals surface area contributed by atoms with Gasteiger partial charge in [0.1, 0.15) is 18.1 Å². The van der Waals surface area contributed by atoms with Gasteiger partial charge in [-0.3, -0.25) is 4.57 Å². The first-order valence-electron chi connectivity index (χ1n) is 5.99. The highest BCUT2D eigenvalue weighted by Gasteiger charge is 2.27. The smallest absolute Gasteiger partial charge is 0.167 e. The third kappa shape index (κ3) is 1.81. The number of rotatable bonds is 3. The minimum atomic E-state index is -0.0825. The van der Waals surface area contributed by atoms with E-state index in [-0.39, 0.29) is 18.9 Å². The number of fused-ring (bicyclic) bond motifs is 1. The van der Waals surface area contributed by atoms with Gasteiger partial charge in [0, 0.05) is 6.61 Å². The van der Waals surface area contributed by atoms with E-state index in [0.717, 1.165) is 12.8 Å². The molecule has 3 heterocycles. The number of hydrogen-bond acceptors (Lipinski definition) is 6. The molecule has 2 aromatic rings. The van der Waals surface area contributed by atoms with Gasteiger partial charge in [0.25, 0.3) is 0 Å². The average Bonchev–Trinajstić information content (AvgIpc) is 2.96. The van der Waals surface area contributed by atoms with Crippen molar-refractivity contribution in [3.05, 3.63) is 12.7 Å². The number of nitrogen functional groups attached to an aromatic ring is 1. The van der Waals surface area contributed by atoms with Crippen LogP contribution in [0.2, 0.25) is 0 Å². The second-order valence-corrected chi connectivity index (χ2v) is 4.39. The van der Waals surface area contributed by atoms with Crippen LogP contribution in [-0.2, 0) is 4.74 Å². The van der Waals surface area contributed by atoms with Crippen molar-refractivity contribution in [2.75, 3.05) is 12.3 Å². The minimum absolute atomic E-state index is 0.0825. The monoisotopic (exact) mass is 249 g/mol. The zero-order valence-corrected chi connectivity index (χ0v) is 9.86. The van der Waals surface area contributed by atoms with Crippen molar-refractivity contribution in [3.8, 4) is 0 Å². The lowest BCUT2D eigenvalue weighted by molar-refractivity contribution is -0.00575. The first-order chi connectivity index (χ1) is 8.79. The SMILES string of the molecule is Nc1ncnc2c1ncn2C1CCC(CCO)O1. The molecule has 0 amide bonds. The summed E-state index contributed by atoms with van der Waals surface area (Å²) in [5.41, 5.74) is 7.04. The molecule has 2 aromatic heterocycles. The van der Waals surface area contributed by atoms with Gasteiger partial charge in [-0.1, -0.05) is 0 Å². The summed E-state index contributed by atoms with van der Waals surface area (Å²) in [5, 5.41) is 8.92. The predicted molar refractivity (Wildman–Crippen MR) is 64.6 cm³/mol. The zero-order chi connectivity index (χ0) is 12.5. The lowest BCUT2D eigenvalue weighted by atomic mass is 10.2. The molecule has 3 N–H and O–H groups in total. The number of anilines is 1. The number of ether oxygens (including phenoxy) is 1. The molecule has 18 heavy (non-hydrogen) atoms. The molecule has 2 atom stereocenters. The normalized spacial score (nSPS) is 23.8. The summed E-state index contributed by atoms with van der Waals surface area (Å²) in [4.78, 5) is 12.3.